The second-order valence-corrected chi connectivity index (χ2v) is 8.37. The van der Waals surface area contributed by atoms with E-state index in [9.17, 15) is 9.59 Å². The molecular weight excluding hydrogens is 396 g/mol. The SMILES string of the molecule is Cc1c(-c2cc(C(=O)N3CCCC4(CC3)CC(=O)c3ccccc3O4)no2)cnn1C. The van der Waals surface area contributed by atoms with Gasteiger partial charge in [0.25, 0.3) is 5.91 Å². The molecule has 1 aromatic carbocycles. The van der Waals surface area contributed by atoms with Crippen molar-refractivity contribution < 1.29 is 18.8 Å². The summed E-state index contributed by atoms with van der Waals surface area (Å²) in [7, 11) is 1.85. The Morgan fingerprint density at radius 2 is 2.00 bits per heavy atom. The van der Waals surface area contributed by atoms with Crippen molar-refractivity contribution >= 4 is 11.7 Å². The first kappa shape index (κ1) is 19.5. The summed E-state index contributed by atoms with van der Waals surface area (Å²) in [5.74, 6) is 1.11. The number of para-hydroxylation sites is 1. The van der Waals surface area contributed by atoms with Gasteiger partial charge in [-0.25, -0.2) is 0 Å². The van der Waals surface area contributed by atoms with Crippen molar-refractivity contribution in [2.24, 2.45) is 7.05 Å². The minimum atomic E-state index is -0.553. The van der Waals surface area contributed by atoms with Gasteiger partial charge in [-0.3, -0.25) is 14.3 Å². The summed E-state index contributed by atoms with van der Waals surface area (Å²) in [5.41, 5.74) is 2.12. The van der Waals surface area contributed by atoms with Crippen molar-refractivity contribution in [3.8, 4) is 17.1 Å². The number of aromatic nitrogens is 3. The summed E-state index contributed by atoms with van der Waals surface area (Å²) in [5, 5.41) is 8.22. The monoisotopic (exact) mass is 420 g/mol. The van der Waals surface area contributed by atoms with Gasteiger partial charge in [-0.2, -0.15) is 5.10 Å². The van der Waals surface area contributed by atoms with Gasteiger partial charge in [0.05, 0.1) is 23.7 Å². The van der Waals surface area contributed by atoms with E-state index in [-0.39, 0.29) is 17.4 Å². The summed E-state index contributed by atoms with van der Waals surface area (Å²) in [4.78, 5) is 27.6. The van der Waals surface area contributed by atoms with Crippen molar-refractivity contribution in [1.29, 1.82) is 0 Å². The number of benzene rings is 1. The molecule has 2 aromatic heterocycles. The highest BCUT2D eigenvalue weighted by Crippen LogP contribution is 2.39. The number of carbonyl (C=O) groups is 2. The predicted molar refractivity (Wildman–Crippen MR) is 112 cm³/mol. The number of aryl methyl sites for hydroxylation is 1. The van der Waals surface area contributed by atoms with Crippen LogP contribution in [0.4, 0.5) is 0 Å². The fourth-order valence-electron chi connectivity index (χ4n) is 4.50. The lowest BCUT2D eigenvalue weighted by molar-refractivity contribution is 0.0300. The van der Waals surface area contributed by atoms with Gasteiger partial charge in [0, 0.05) is 38.3 Å². The molecule has 2 aliphatic rings. The van der Waals surface area contributed by atoms with E-state index < -0.39 is 5.60 Å². The molecule has 160 valence electrons. The molecule has 31 heavy (non-hydrogen) atoms. The number of fused-ring (bicyclic) bond motifs is 1. The van der Waals surface area contributed by atoms with Gasteiger partial charge >= 0.3 is 0 Å². The molecular formula is C23H24N4O4. The fraction of sp³-hybridized carbons (Fsp3) is 0.391. The van der Waals surface area contributed by atoms with Crippen molar-refractivity contribution in [3.05, 3.63) is 53.5 Å². The third-order valence-electron chi connectivity index (χ3n) is 6.41. The molecule has 0 aliphatic carbocycles. The van der Waals surface area contributed by atoms with Crippen LogP contribution in [0.1, 0.15) is 52.2 Å². The van der Waals surface area contributed by atoms with Crippen molar-refractivity contribution in [1.82, 2.24) is 19.8 Å². The summed E-state index contributed by atoms with van der Waals surface area (Å²) in [6, 6.07) is 9.06. The predicted octanol–water partition coefficient (Wildman–Crippen LogP) is 3.41. The normalized spacial score (nSPS) is 21.0. The van der Waals surface area contributed by atoms with Crippen LogP contribution in [0, 0.1) is 6.92 Å². The number of rotatable bonds is 2. The zero-order valence-corrected chi connectivity index (χ0v) is 17.6. The Balaban J connectivity index is 1.32. The molecule has 5 rings (SSSR count). The first-order valence-corrected chi connectivity index (χ1v) is 10.5. The van der Waals surface area contributed by atoms with Gasteiger partial charge in [0.2, 0.25) is 0 Å². The Labute approximate surface area is 179 Å². The van der Waals surface area contributed by atoms with E-state index in [1.807, 2.05) is 38.2 Å². The quantitative estimate of drug-likeness (QED) is 0.631. The second kappa shape index (κ2) is 7.37. The van der Waals surface area contributed by atoms with E-state index in [0.29, 0.717) is 43.0 Å². The van der Waals surface area contributed by atoms with Crippen LogP contribution in [0.5, 0.6) is 5.75 Å². The van der Waals surface area contributed by atoms with Gasteiger partial charge in [0.1, 0.15) is 11.4 Å². The maximum absolute atomic E-state index is 13.1. The molecule has 1 saturated heterocycles. The first-order valence-electron chi connectivity index (χ1n) is 10.5. The van der Waals surface area contributed by atoms with Crippen molar-refractivity contribution in [2.75, 3.05) is 13.1 Å². The maximum Gasteiger partial charge on any atom is 0.276 e. The van der Waals surface area contributed by atoms with Gasteiger partial charge in [-0.1, -0.05) is 17.3 Å². The second-order valence-electron chi connectivity index (χ2n) is 8.37. The Bertz CT molecular complexity index is 1160. The van der Waals surface area contributed by atoms with Gasteiger partial charge in [-0.15, -0.1) is 0 Å². The van der Waals surface area contributed by atoms with Crippen LogP contribution in [0.25, 0.3) is 11.3 Å². The molecule has 0 N–H and O–H groups in total. The van der Waals surface area contributed by atoms with Crippen molar-refractivity contribution in [2.45, 2.75) is 38.2 Å². The number of amides is 1. The van der Waals surface area contributed by atoms with E-state index >= 15 is 0 Å². The average Bonchev–Trinajstić information content (AvgIpc) is 3.31. The molecule has 1 unspecified atom stereocenters. The molecule has 0 radical (unpaired) electrons. The zero-order chi connectivity index (χ0) is 21.6. The molecule has 1 atom stereocenters. The number of carbonyl (C=O) groups excluding carboxylic acids is 2. The summed E-state index contributed by atoms with van der Waals surface area (Å²) < 4.78 is 13.5. The highest BCUT2D eigenvalue weighted by molar-refractivity contribution is 6.00. The van der Waals surface area contributed by atoms with E-state index in [2.05, 4.69) is 10.3 Å². The van der Waals surface area contributed by atoms with Crippen LogP contribution >= 0.6 is 0 Å². The molecule has 8 heteroatoms. The largest absolute Gasteiger partial charge is 0.486 e. The van der Waals surface area contributed by atoms with E-state index in [1.165, 1.54) is 0 Å². The number of likely N-dealkylation sites (tertiary alicyclic amines) is 1. The Morgan fingerprint density at radius 1 is 1.16 bits per heavy atom. The summed E-state index contributed by atoms with van der Waals surface area (Å²) in [6.07, 6.45) is 4.14. The minimum absolute atomic E-state index is 0.106. The van der Waals surface area contributed by atoms with Crippen LogP contribution in [0.2, 0.25) is 0 Å². The smallest absolute Gasteiger partial charge is 0.276 e. The van der Waals surface area contributed by atoms with Crippen LogP contribution in [-0.4, -0.2) is 50.2 Å². The number of nitrogens with zero attached hydrogens (tertiary/aromatic N) is 4. The lowest BCUT2D eigenvalue weighted by atomic mass is 9.84. The van der Waals surface area contributed by atoms with Crippen LogP contribution in [-0.2, 0) is 7.05 Å². The molecule has 4 heterocycles. The molecule has 0 bridgehead atoms. The Hall–Kier alpha value is -3.42. The number of ether oxygens (including phenoxy) is 1. The number of hydrogen-bond donors (Lipinski definition) is 0. The molecule has 1 fully saturated rings. The first-order chi connectivity index (χ1) is 15.0. The van der Waals surface area contributed by atoms with Crippen LogP contribution in [0.3, 0.4) is 0 Å². The topological polar surface area (TPSA) is 90.5 Å². The lowest BCUT2D eigenvalue weighted by Gasteiger charge is -2.37. The van der Waals surface area contributed by atoms with E-state index in [0.717, 1.165) is 24.1 Å². The average molecular weight is 420 g/mol. The van der Waals surface area contributed by atoms with Crippen LogP contribution in [0.15, 0.2) is 41.1 Å². The Morgan fingerprint density at radius 3 is 2.81 bits per heavy atom. The molecule has 2 aliphatic heterocycles. The molecule has 1 amide bonds. The third-order valence-corrected chi connectivity index (χ3v) is 6.41. The highest BCUT2D eigenvalue weighted by Gasteiger charge is 2.42. The Kier molecular flexibility index (Phi) is 4.64. The lowest BCUT2D eigenvalue weighted by Crippen LogP contribution is -2.43. The van der Waals surface area contributed by atoms with E-state index in [4.69, 9.17) is 9.26 Å². The molecule has 3 aromatic rings. The van der Waals surface area contributed by atoms with Gasteiger partial charge in [0.15, 0.2) is 17.2 Å². The fourth-order valence-corrected chi connectivity index (χ4v) is 4.50. The molecule has 8 nitrogen and oxygen atoms in total. The van der Waals surface area contributed by atoms with Crippen LogP contribution < -0.4 is 4.74 Å². The van der Waals surface area contributed by atoms with E-state index in [1.54, 1.807) is 21.8 Å². The number of Topliss-reactive ketones (excluding diaryl/α,β-unsaturated/α-hetero) is 1. The van der Waals surface area contributed by atoms with Crippen molar-refractivity contribution in [3.63, 3.8) is 0 Å². The third kappa shape index (κ3) is 3.41. The summed E-state index contributed by atoms with van der Waals surface area (Å²) >= 11 is 0. The zero-order valence-electron chi connectivity index (χ0n) is 17.6. The standard InChI is InChI=1S/C23H24N4O4/c1-15-17(14-24-26(15)2)21-12-18(25-31-21)22(29)27-10-5-8-23(9-11-27)13-19(28)16-6-3-4-7-20(16)30-23/h3-4,6-7,12,14H,5,8-11,13H2,1-2H3. The van der Waals surface area contributed by atoms with Gasteiger partial charge < -0.3 is 14.2 Å². The number of hydrogen-bond acceptors (Lipinski definition) is 6. The molecule has 0 saturated carbocycles. The minimum Gasteiger partial charge on any atom is -0.486 e. The molecule has 1 spiro atoms. The maximum atomic E-state index is 13.1. The highest BCUT2D eigenvalue weighted by atomic mass is 16.5. The number of ketones is 1. The van der Waals surface area contributed by atoms with Gasteiger partial charge in [-0.05, 0) is 31.9 Å². The summed E-state index contributed by atoms with van der Waals surface area (Å²) in [6.45, 7) is 3.03.